The molecule has 1 saturated heterocycles. The topological polar surface area (TPSA) is 55.1 Å². The lowest BCUT2D eigenvalue weighted by molar-refractivity contribution is -0.120. The summed E-state index contributed by atoms with van der Waals surface area (Å²) in [7, 11) is 0. The third kappa shape index (κ3) is 0.816. The van der Waals surface area contributed by atoms with Gasteiger partial charge in [0.25, 0.3) is 0 Å². The van der Waals surface area contributed by atoms with E-state index in [0.29, 0.717) is 0 Å². The van der Waals surface area contributed by atoms with Crippen LogP contribution in [0, 0.1) is 0 Å². The van der Waals surface area contributed by atoms with Gasteiger partial charge >= 0.3 is 0 Å². The molecule has 2 atom stereocenters. The van der Waals surface area contributed by atoms with Crippen molar-refractivity contribution in [2.45, 2.75) is 25.4 Å². The molecular formula is C5H10N2O. The molecule has 0 aromatic rings. The molecule has 1 heterocycles. The molecule has 1 fully saturated rings. The summed E-state index contributed by atoms with van der Waals surface area (Å²) >= 11 is 0. The molecule has 8 heavy (non-hydrogen) atoms. The van der Waals surface area contributed by atoms with Crippen LogP contribution in [0.5, 0.6) is 0 Å². The normalized spacial score (nSPS) is 37.5. The fraction of sp³-hybridized carbons (Fsp3) is 0.800. The van der Waals surface area contributed by atoms with Crippen LogP contribution >= 0.6 is 0 Å². The van der Waals surface area contributed by atoms with Crippen LogP contribution in [0.15, 0.2) is 0 Å². The zero-order valence-electron chi connectivity index (χ0n) is 4.85. The summed E-state index contributed by atoms with van der Waals surface area (Å²) in [4.78, 5) is 10.5. The predicted octanol–water partition coefficient (Wildman–Crippen LogP) is -0.778. The minimum absolute atomic E-state index is 0.0162. The molecule has 1 rings (SSSR count). The Kier molecular flexibility index (Phi) is 1.21. The van der Waals surface area contributed by atoms with Crippen LogP contribution in [-0.4, -0.2) is 18.0 Å². The second-order valence-corrected chi connectivity index (χ2v) is 2.25. The highest BCUT2D eigenvalue weighted by molar-refractivity contribution is 5.83. The van der Waals surface area contributed by atoms with E-state index in [1.807, 2.05) is 6.92 Å². The lowest BCUT2D eigenvalue weighted by Gasteiger charge is -1.95. The van der Waals surface area contributed by atoms with Gasteiger partial charge in [-0.2, -0.15) is 0 Å². The molecular weight excluding hydrogens is 104 g/mol. The van der Waals surface area contributed by atoms with Gasteiger partial charge in [0.05, 0.1) is 6.04 Å². The van der Waals surface area contributed by atoms with Crippen molar-refractivity contribution >= 4 is 5.91 Å². The van der Waals surface area contributed by atoms with E-state index in [4.69, 9.17) is 5.73 Å². The van der Waals surface area contributed by atoms with Crippen LogP contribution in [0.2, 0.25) is 0 Å². The van der Waals surface area contributed by atoms with E-state index >= 15 is 0 Å². The van der Waals surface area contributed by atoms with Gasteiger partial charge in [-0.25, -0.2) is 0 Å². The zero-order chi connectivity index (χ0) is 6.15. The van der Waals surface area contributed by atoms with Crippen LogP contribution in [0.4, 0.5) is 0 Å². The number of amides is 1. The number of nitrogens with two attached hydrogens (primary N) is 1. The molecule has 3 N–H and O–H groups in total. The molecule has 0 aromatic heterocycles. The third-order valence-electron chi connectivity index (χ3n) is 1.33. The second kappa shape index (κ2) is 1.74. The van der Waals surface area contributed by atoms with Gasteiger partial charge in [0, 0.05) is 6.04 Å². The van der Waals surface area contributed by atoms with Crippen molar-refractivity contribution in [3.05, 3.63) is 0 Å². The lowest BCUT2D eigenvalue weighted by Crippen LogP contribution is -2.30. The lowest BCUT2D eigenvalue weighted by atomic mass is 10.2. The number of carbonyl (C=O) groups excluding carboxylic acids is 1. The van der Waals surface area contributed by atoms with E-state index in [0.717, 1.165) is 6.42 Å². The van der Waals surface area contributed by atoms with Crippen LogP contribution < -0.4 is 11.1 Å². The Morgan fingerprint density at radius 3 is 2.62 bits per heavy atom. The van der Waals surface area contributed by atoms with E-state index in [9.17, 15) is 4.79 Å². The zero-order valence-corrected chi connectivity index (χ0v) is 4.85. The molecule has 1 amide bonds. The summed E-state index contributed by atoms with van der Waals surface area (Å²) in [5.74, 6) is -0.0162. The molecule has 0 saturated carbocycles. The van der Waals surface area contributed by atoms with Crippen LogP contribution in [0.1, 0.15) is 13.3 Å². The summed E-state index contributed by atoms with van der Waals surface area (Å²) in [5, 5.41) is 2.70. The molecule has 3 nitrogen and oxygen atoms in total. The van der Waals surface area contributed by atoms with Crippen molar-refractivity contribution in [3.63, 3.8) is 0 Å². The predicted molar refractivity (Wildman–Crippen MR) is 30.2 cm³/mol. The molecule has 1 aliphatic heterocycles. The maximum absolute atomic E-state index is 10.5. The van der Waals surface area contributed by atoms with Gasteiger partial charge in [0.2, 0.25) is 5.91 Å². The maximum Gasteiger partial charge on any atom is 0.237 e. The maximum atomic E-state index is 10.5. The van der Waals surface area contributed by atoms with E-state index in [-0.39, 0.29) is 18.0 Å². The molecule has 1 aliphatic rings. The number of rotatable bonds is 0. The van der Waals surface area contributed by atoms with Gasteiger partial charge < -0.3 is 11.1 Å². The summed E-state index contributed by atoms with van der Waals surface area (Å²) in [6.07, 6.45) is 0.777. The Hall–Kier alpha value is -0.570. The number of nitrogens with one attached hydrogen (secondary N) is 1. The summed E-state index contributed by atoms with van der Waals surface area (Å²) < 4.78 is 0. The van der Waals surface area contributed by atoms with Crippen molar-refractivity contribution in [2.24, 2.45) is 5.73 Å². The van der Waals surface area contributed by atoms with Crippen molar-refractivity contribution < 1.29 is 4.79 Å². The number of hydrogen-bond donors (Lipinski definition) is 2. The minimum Gasteiger partial charge on any atom is -0.352 e. The van der Waals surface area contributed by atoms with Gasteiger partial charge in [-0.15, -0.1) is 0 Å². The van der Waals surface area contributed by atoms with Crippen molar-refractivity contribution in [3.8, 4) is 0 Å². The Balaban J connectivity index is 2.51. The van der Waals surface area contributed by atoms with Gasteiger partial charge in [-0.1, -0.05) is 0 Å². The van der Waals surface area contributed by atoms with E-state index in [1.54, 1.807) is 0 Å². The van der Waals surface area contributed by atoms with Gasteiger partial charge in [0.15, 0.2) is 0 Å². The summed E-state index contributed by atoms with van der Waals surface area (Å²) in [5.41, 5.74) is 5.36. The first kappa shape index (κ1) is 5.56. The Morgan fingerprint density at radius 2 is 2.50 bits per heavy atom. The van der Waals surface area contributed by atoms with Gasteiger partial charge in [0.1, 0.15) is 0 Å². The fourth-order valence-electron chi connectivity index (χ4n) is 0.897. The standard InChI is InChI=1S/C5H10N2O/c1-3-2-4(6)5(8)7-3/h3-4H,2,6H2,1H3,(H,7,8)/t3-,4-/m0/s1. The van der Waals surface area contributed by atoms with E-state index < -0.39 is 0 Å². The van der Waals surface area contributed by atoms with Crippen molar-refractivity contribution in [1.82, 2.24) is 5.32 Å². The molecule has 0 unspecified atom stereocenters. The largest absolute Gasteiger partial charge is 0.352 e. The van der Waals surface area contributed by atoms with E-state index in [2.05, 4.69) is 5.32 Å². The molecule has 3 heteroatoms. The molecule has 0 spiro atoms. The first-order valence-electron chi connectivity index (χ1n) is 2.76. The van der Waals surface area contributed by atoms with Crippen molar-refractivity contribution in [2.75, 3.05) is 0 Å². The average molecular weight is 114 g/mol. The first-order valence-corrected chi connectivity index (χ1v) is 2.76. The summed E-state index contributed by atoms with van der Waals surface area (Å²) in [6.45, 7) is 1.95. The highest BCUT2D eigenvalue weighted by Crippen LogP contribution is 2.03. The van der Waals surface area contributed by atoms with Gasteiger partial charge in [-0.05, 0) is 13.3 Å². The Morgan fingerprint density at radius 1 is 1.88 bits per heavy atom. The number of hydrogen-bond acceptors (Lipinski definition) is 2. The van der Waals surface area contributed by atoms with Crippen LogP contribution in [0.3, 0.4) is 0 Å². The summed E-state index contributed by atoms with van der Waals surface area (Å²) in [6, 6.07) is 0.0162. The molecule has 0 aliphatic carbocycles. The third-order valence-corrected chi connectivity index (χ3v) is 1.33. The highest BCUT2D eigenvalue weighted by Gasteiger charge is 2.24. The monoisotopic (exact) mass is 114 g/mol. The Bertz CT molecular complexity index is 113. The van der Waals surface area contributed by atoms with E-state index in [1.165, 1.54) is 0 Å². The first-order chi connectivity index (χ1) is 3.70. The number of carbonyl (C=O) groups is 1. The second-order valence-electron chi connectivity index (χ2n) is 2.25. The highest BCUT2D eigenvalue weighted by atomic mass is 16.2. The fourth-order valence-corrected chi connectivity index (χ4v) is 0.897. The Labute approximate surface area is 48.2 Å². The van der Waals surface area contributed by atoms with Gasteiger partial charge in [-0.3, -0.25) is 4.79 Å². The molecule has 0 radical (unpaired) electrons. The quantitative estimate of drug-likeness (QED) is 0.434. The molecule has 46 valence electrons. The molecule has 0 aromatic carbocycles. The van der Waals surface area contributed by atoms with Crippen LogP contribution in [-0.2, 0) is 4.79 Å². The average Bonchev–Trinajstić information content (AvgIpc) is 1.85. The minimum atomic E-state index is -0.259. The van der Waals surface area contributed by atoms with Crippen molar-refractivity contribution in [1.29, 1.82) is 0 Å². The van der Waals surface area contributed by atoms with Crippen LogP contribution in [0.25, 0.3) is 0 Å². The molecule has 0 bridgehead atoms. The SMILES string of the molecule is C[C@H]1C[C@H](N)C(=O)N1. The smallest absolute Gasteiger partial charge is 0.237 e.